The van der Waals surface area contributed by atoms with Crippen molar-refractivity contribution in [1.82, 2.24) is 0 Å². The Morgan fingerprint density at radius 1 is 1.03 bits per heavy atom. The van der Waals surface area contributed by atoms with E-state index in [-0.39, 0.29) is 22.9 Å². The van der Waals surface area contributed by atoms with Gasteiger partial charge in [0, 0.05) is 17.7 Å². The highest BCUT2D eigenvalue weighted by atomic mass is 16.6. The predicted octanol–water partition coefficient (Wildman–Crippen LogP) is 5.50. The predicted molar refractivity (Wildman–Crippen MR) is 129 cm³/mol. The van der Waals surface area contributed by atoms with Crippen LogP contribution < -0.4 is 5.01 Å². The number of non-ortho nitro benzene ring substituents is 1. The first-order valence-corrected chi connectivity index (χ1v) is 10.3. The number of amides is 1. The number of nitrogens with zero attached hydrogens (tertiary/aromatic N) is 3. The Bertz CT molecular complexity index is 1320. The molecule has 0 aliphatic carbocycles. The Hall–Kier alpha value is -4.52. The van der Waals surface area contributed by atoms with Crippen LogP contribution in [0.1, 0.15) is 23.6 Å². The van der Waals surface area contributed by atoms with Crippen LogP contribution in [0.5, 0.6) is 5.75 Å². The number of nitro groups is 1. The van der Waals surface area contributed by atoms with Crippen molar-refractivity contribution in [3.63, 3.8) is 0 Å². The van der Waals surface area contributed by atoms with Crippen LogP contribution in [-0.4, -0.2) is 21.6 Å². The number of hydrogen-bond donors (Lipinski definition) is 1. The third kappa shape index (κ3) is 4.43. The van der Waals surface area contributed by atoms with E-state index in [0.29, 0.717) is 22.5 Å². The third-order valence-corrected chi connectivity index (χ3v) is 5.30. The van der Waals surface area contributed by atoms with Crippen molar-refractivity contribution in [2.75, 3.05) is 5.01 Å². The number of benzene rings is 3. The molecule has 1 heterocycles. The summed E-state index contributed by atoms with van der Waals surface area (Å²) in [5.74, 6) is -0.374. The second kappa shape index (κ2) is 8.92. The van der Waals surface area contributed by atoms with Crippen LogP contribution in [0.15, 0.2) is 89.5 Å². The summed E-state index contributed by atoms with van der Waals surface area (Å²) >= 11 is 0. The number of carbonyl (C=O) groups is 1. The van der Waals surface area contributed by atoms with Crippen LogP contribution in [0.25, 0.3) is 11.6 Å². The van der Waals surface area contributed by atoms with Gasteiger partial charge in [-0.2, -0.15) is 10.1 Å². The van der Waals surface area contributed by atoms with E-state index >= 15 is 0 Å². The number of aryl methyl sites for hydroxylation is 1. The summed E-state index contributed by atoms with van der Waals surface area (Å²) in [6, 6.07) is 20.6. The van der Waals surface area contributed by atoms with E-state index < -0.39 is 4.92 Å². The summed E-state index contributed by atoms with van der Waals surface area (Å²) in [7, 11) is 0. The van der Waals surface area contributed by atoms with Crippen molar-refractivity contribution in [3.05, 3.63) is 111 Å². The van der Waals surface area contributed by atoms with Crippen molar-refractivity contribution < 1.29 is 14.8 Å². The van der Waals surface area contributed by atoms with Gasteiger partial charge in [-0.3, -0.25) is 14.9 Å². The molecule has 7 heteroatoms. The zero-order valence-corrected chi connectivity index (χ0v) is 18.1. The molecule has 0 saturated carbocycles. The van der Waals surface area contributed by atoms with Gasteiger partial charge in [-0.15, -0.1) is 0 Å². The van der Waals surface area contributed by atoms with Gasteiger partial charge in [0.2, 0.25) is 0 Å². The molecular formula is C26H21N3O4. The Morgan fingerprint density at radius 3 is 2.39 bits per heavy atom. The average Bonchev–Trinajstić information content (AvgIpc) is 3.10. The van der Waals surface area contributed by atoms with Crippen molar-refractivity contribution in [3.8, 4) is 5.75 Å². The van der Waals surface area contributed by atoms with Crippen LogP contribution in [-0.2, 0) is 4.79 Å². The van der Waals surface area contributed by atoms with E-state index in [1.165, 1.54) is 23.2 Å². The number of allylic oxidation sites excluding steroid dienone is 2. The van der Waals surface area contributed by atoms with Crippen molar-refractivity contribution >= 4 is 34.6 Å². The molecule has 0 atom stereocenters. The molecule has 0 aromatic heterocycles. The number of anilines is 1. The van der Waals surface area contributed by atoms with Crippen molar-refractivity contribution in [1.29, 1.82) is 0 Å². The van der Waals surface area contributed by atoms with Gasteiger partial charge in [0.25, 0.3) is 11.6 Å². The molecule has 0 unspecified atom stereocenters. The van der Waals surface area contributed by atoms with Crippen LogP contribution in [0.4, 0.5) is 11.4 Å². The molecule has 1 aliphatic rings. The second-order valence-corrected chi connectivity index (χ2v) is 7.63. The topological polar surface area (TPSA) is 96.0 Å². The standard InChI is InChI=1S/C26H21N3O4/c1-17-8-10-19(11-9-17)23(14-12-20-16-22(29(32)33)13-15-24(20)30)25-18(2)27-28(26(25)31)21-6-4-3-5-7-21/h3-16,30H,1-2H3/b14-12+,25-23-. The maximum absolute atomic E-state index is 13.4. The summed E-state index contributed by atoms with van der Waals surface area (Å²) in [6.07, 6.45) is 3.25. The number of nitro benzene ring substituents is 1. The van der Waals surface area contributed by atoms with Crippen molar-refractivity contribution in [2.24, 2.45) is 5.10 Å². The highest BCUT2D eigenvalue weighted by molar-refractivity contribution is 6.34. The Kier molecular flexibility index (Phi) is 5.87. The molecule has 3 aromatic carbocycles. The third-order valence-electron chi connectivity index (χ3n) is 5.30. The molecule has 1 N–H and O–H groups in total. The lowest BCUT2D eigenvalue weighted by molar-refractivity contribution is -0.384. The number of para-hydroxylation sites is 1. The van der Waals surface area contributed by atoms with Gasteiger partial charge in [-0.1, -0.05) is 60.2 Å². The molecule has 0 radical (unpaired) electrons. The second-order valence-electron chi connectivity index (χ2n) is 7.63. The lowest BCUT2D eigenvalue weighted by atomic mass is 9.95. The van der Waals surface area contributed by atoms with E-state index in [1.54, 1.807) is 31.2 Å². The van der Waals surface area contributed by atoms with Crippen LogP contribution in [0.3, 0.4) is 0 Å². The van der Waals surface area contributed by atoms with Gasteiger partial charge in [0.15, 0.2) is 0 Å². The number of carbonyl (C=O) groups excluding carboxylic acids is 1. The number of rotatable bonds is 5. The Balaban J connectivity index is 1.84. The van der Waals surface area contributed by atoms with Gasteiger partial charge in [0.1, 0.15) is 5.75 Å². The largest absolute Gasteiger partial charge is 0.507 e. The summed E-state index contributed by atoms with van der Waals surface area (Å²) < 4.78 is 0. The molecule has 4 rings (SSSR count). The van der Waals surface area contributed by atoms with Gasteiger partial charge >= 0.3 is 0 Å². The van der Waals surface area contributed by atoms with Crippen LogP contribution in [0.2, 0.25) is 0 Å². The molecule has 0 bridgehead atoms. The van der Waals surface area contributed by atoms with E-state index in [9.17, 15) is 20.0 Å². The number of phenols is 1. The van der Waals surface area contributed by atoms with Crippen molar-refractivity contribution in [2.45, 2.75) is 13.8 Å². The lowest BCUT2D eigenvalue weighted by Crippen LogP contribution is -2.21. The van der Waals surface area contributed by atoms with Gasteiger partial charge in [-0.25, -0.2) is 0 Å². The van der Waals surface area contributed by atoms with E-state index in [4.69, 9.17) is 0 Å². The zero-order valence-electron chi connectivity index (χ0n) is 18.1. The molecule has 7 nitrogen and oxygen atoms in total. The van der Waals surface area contributed by atoms with Gasteiger partial charge in [0.05, 0.1) is 21.9 Å². The first-order chi connectivity index (χ1) is 15.8. The van der Waals surface area contributed by atoms with E-state index in [1.807, 2.05) is 49.4 Å². The molecule has 3 aromatic rings. The van der Waals surface area contributed by atoms with Gasteiger partial charge < -0.3 is 5.11 Å². The quantitative estimate of drug-likeness (QED) is 0.323. The fraction of sp³-hybridized carbons (Fsp3) is 0.0769. The Morgan fingerprint density at radius 2 is 1.73 bits per heavy atom. The molecule has 1 amide bonds. The van der Waals surface area contributed by atoms with Crippen LogP contribution >= 0.6 is 0 Å². The molecule has 0 spiro atoms. The van der Waals surface area contributed by atoms with E-state index in [2.05, 4.69) is 5.10 Å². The minimum absolute atomic E-state index is 0.0980. The van der Waals surface area contributed by atoms with Gasteiger partial charge in [-0.05, 0) is 43.2 Å². The monoisotopic (exact) mass is 439 g/mol. The minimum Gasteiger partial charge on any atom is -0.507 e. The SMILES string of the molecule is CC1=NN(c2ccccc2)C(=O)/C1=C(/C=C/c1cc([N+](=O)[O-])ccc1O)c1ccc(C)cc1. The fourth-order valence-corrected chi connectivity index (χ4v) is 3.58. The first-order valence-electron chi connectivity index (χ1n) is 10.3. The molecule has 164 valence electrons. The molecule has 33 heavy (non-hydrogen) atoms. The molecule has 0 saturated heterocycles. The smallest absolute Gasteiger partial charge is 0.281 e. The number of phenolic OH excluding ortho intramolecular Hbond substituents is 1. The highest BCUT2D eigenvalue weighted by Gasteiger charge is 2.31. The van der Waals surface area contributed by atoms with E-state index in [0.717, 1.165) is 11.1 Å². The maximum Gasteiger partial charge on any atom is 0.281 e. The first kappa shape index (κ1) is 21.7. The number of hydrogen-bond acceptors (Lipinski definition) is 5. The number of hydrazone groups is 1. The maximum atomic E-state index is 13.4. The average molecular weight is 439 g/mol. The summed E-state index contributed by atoms with van der Waals surface area (Å²) in [6.45, 7) is 3.74. The lowest BCUT2D eigenvalue weighted by Gasteiger charge is -2.13. The zero-order chi connectivity index (χ0) is 23.5. The highest BCUT2D eigenvalue weighted by Crippen LogP contribution is 2.32. The molecule has 0 fully saturated rings. The summed E-state index contributed by atoms with van der Waals surface area (Å²) in [5.41, 5.74) is 4.21. The Labute approximate surface area is 190 Å². The van der Waals surface area contributed by atoms with Crippen LogP contribution in [0, 0.1) is 17.0 Å². The normalized spacial score (nSPS) is 15.2. The summed E-state index contributed by atoms with van der Waals surface area (Å²) in [5, 5.41) is 27.2. The summed E-state index contributed by atoms with van der Waals surface area (Å²) in [4.78, 5) is 24.0. The molecular weight excluding hydrogens is 418 g/mol. The minimum atomic E-state index is -0.523. The fourth-order valence-electron chi connectivity index (χ4n) is 3.58. The molecule has 1 aliphatic heterocycles. The number of aromatic hydroxyl groups is 1.